The van der Waals surface area contributed by atoms with Gasteiger partial charge in [-0.05, 0) is 55.8 Å². The van der Waals surface area contributed by atoms with Crippen LogP contribution in [0.15, 0.2) is 71.8 Å². The second kappa shape index (κ2) is 9.32. The zero-order valence-electron chi connectivity index (χ0n) is 15.8. The van der Waals surface area contributed by atoms with Gasteiger partial charge in [0.15, 0.2) is 0 Å². The number of carbonyl (C=O) groups is 1. The fourth-order valence-corrected chi connectivity index (χ4v) is 2.48. The van der Waals surface area contributed by atoms with Crippen LogP contribution >= 0.6 is 0 Å². The van der Waals surface area contributed by atoms with E-state index < -0.39 is 0 Å². The van der Waals surface area contributed by atoms with Crippen molar-refractivity contribution in [3.8, 4) is 17.0 Å². The highest BCUT2D eigenvalue weighted by molar-refractivity contribution is 5.94. The van der Waals surface area contributed by atoms with Crippen molar-refractivity contribution in [2.75, 3.05) is 0 Å². The van der Waals surface area contributed by atoms with Crippen LogP contribution in [0.3, 0.4) is 0 Å². The molecule has 2 aromatic carbocycles. The number of allylic oxidation sites excluding steroid dienone is 1. The van der Waals surface area contributed by atoms with E-state index >= 15 is 0 Å². The Morgan fingerprint density at radius 2 is 1.89 bits per heavy atom. The molecule has 1 aromatic heterocycles. The van der Waals surface area contributed by atoms with Crippen molar-refractivity contribution in [2.24, 2.45) is 5.10 Å². The fourth-order valence-electron chi connectivity index (χ4n) is 2.48. The summed E-state index contributed by atoms with van der Waals surface area (Å²) in [6.45, 7) is 3.96. The monoisotopic (exact) mass is 374 g/mol. The third-order valence-electron chi connectivity index (χ3n) is 3.76. The molecule has 3 rings (SSSR count). The molecule has 0 bridgehead atoms. The zero-order valence-corrected chi connectivity index (χ0v) is 15.8. The van der Waals surface area contributed by atoms with Gasteiger partial charge in [-0.15, -0.1) is 0 Å². The maximum Gasteiger partial charge on any atom is 0.289 e. The number of benzene rings is 2. The van der Waals surface area contributed by atoms with Crippen molar-refractivity contribution in [1.82, 2.24) is 15.6 Å². The van der Waals surface area contributed by atoms with E-state index in [1.165, 1.54) is 6.21 Å². The number of hydrogen-bond donors (Lipinski definition) is 2. The number of rotatable bonds is 7. The number of hydrogen-bond acceptors (Lipinski definition) is 4. The van der Waals surface area contributed by atoms with Crippen LogP contribution in [0, 0.1) is 0 Å². The average Bonchev–Trinajstić information content (AvgIpc) is 3.19. The number of H-pyrrole nitrogens is 1. The zero-order chi connectivity index (χ0) is 19.8. The number of nitrogens with zero attached hydrogens (tertiary/aromatic N) is 2. The number of nitrogens with one attached hydrogen (secondary N) is 2. The minimum Gasteiger partial charge on any atom is -0.491 e. The van der Waals surface area contributed by atoms with Gasteiger partial charge < -0.3 is 4.74 Å². The predicted molar refractivity (Wildman–Crippen MR) is 111 cm³/mol. The molecule has 0 fully saturated rings. The van der Waals surface area contributed by atoms with Gasteiger partial charge in [-0.1, -0.05) is 36.4 Å². The molecule has 0 aliphatic rings. The van der Waals surface area contributed by atoms with Crippen LogP contribution in [-0.4, -0.2) is 28.4 Å². The molecule has 6 nitrogen and oxygen atoms in total. The normalized spacial score (nSPS) is 11.4. The van der Waals surface area contributed by atoms with Crippen molar-refractivity contribution < 1.29 is 9.53 Å². The largest absolute Gasteiger partial charge is 0.491 e. The lowest BCUT2D eigenvalue weighted by Gasteiger charge is -2.09. The highest BCUT2D eigenvalue weighted by Gasteiger charge is 2.10. The lowest BCUT2D eigenvalue weighted by molar-refractivity contribution is 0.0950. The minimum atomic E-state index is -0.358. The summed E-state index contributed by atoms with van der Waals surface area (Å²) in [5, 5.41) is 10.8. The molecular weight excluding hydrogens is 352 g/mol. The number of ether oxygens (including phenoxy) is 1. The van der Waals surface area contributed by atoms with E-state index in [-0.39, 0.29) is 12.0 Å². The number of aromatic nitrogens is 2. The number of amides is 1. The first-order valence-corrected chi connectivity index (χ1v) is 8.99. The van der Waals surface area contributed by atoms with Crippen molar-refractivity contribution in [3.05, 3.63) is 78.0 Å². The molecule has 0 aliphatic heterocycles. The average molecular weight is 374 g/mol. The first kappa shape index (κ1) is 19.1. The second-order valence-electron chi connectivity index (χ2n) is 6.35. The standard InChI is InChI=1S/C22H22N4O2/c1-16(2)28-19-12-10-18(11-13-19)20-15-21(25-24-20)22(27)26-23-14-6-9-17-7-4-3-5-8-17/h3-16H,1-2H3,(H,24,25)(H,26,27). The Morgan fingerprint density at radius 3 is 2.61 bits per heavy atom. The van der Waals surface area contributed by atoms with Gasteiger partial charge in [0.1, 0.15) is 11.4 Å². The molecule has 3 aromatic rings. The molecule has 0 aliphatic carbocycles. The summed E-state index contributed by atoms with van der Waals surface area (Å²) in [6.07, 6.45) is 5.30. The Morgan fingerprint density at radius 1 is 1.14 bits per heavy atom. The van der Waals surface area contributed by atoms with Crippen LogP contribution in [0.5, 0.6) is 5.75 Å². The molecule has 0 atom stereocenters. The van der Waals surface area contributed by atoms with Gasteiger partial charge in [0, 0.05) is 11.8 Å². The van der Waals surface area contributed by atoms with E-state index in [9.17, 15) is 4.79 Å². The van der Waals surface area contributed by atoms with Crippen LogP contribution in [0.4, 0.5) is 0 Å². The van der Waals surface area contributed by atoms with Gasteiger partial charge in [0.05, 0.1) is 11.8 Å². The lowest BCUT2D eigenvalue weighted by atomic mass is 10.1. The van der Waals surface area contributed by atoms with Crippen LogP contribution in [-0.2, 0) is 0 Å². The minimum absolute atomic E-state index is 0.120. The first-order chi connectivity index (χ1) is 13.6. The summed E-state index contributed by atoms with van der Waals surface area (Å²) >= 11 is 0. The highest BCUT2D eigenvalue weighted by Crippen LogP contribution is 2.22. The summed E-state index contributed by atoms with van der Waals surface area (Å²) in [4.78, 5) is 12.2. The molecule has 142 valence electrons. The van der Waals surface area contributed by atoms with Gasteiger partial charge in [0.2, 0.25) is 0 Å². The van der Waals surface area contributed by atoms with Gasteiger partial charge in [0.25, 0.3) is 5.91 Å². The van der Waals surface area contributed by atoms with Gasteiger partial charge in [-0.25, -0.2) is 5.43 Å². The van der Waals surface area contributed by atoms with Crippen LogP contribution in [0.1, 0.15) is 29.9 Å². The Bertz CT molecular complexity index is 958. The van der Waals surface area contributed by atoms with Crippen molar-refractivity contribution in [3.63, 3.8) is 0 Å². The molecule has 0 radical (unpaired) electrons. The Labute approximate surface area is 163 Å². The van der Waals surface area contributed by atoms with E-state index in [2.05, 4.69) is 20.7 Å². The van der Waals surface area contributed by atoms with E-state index in [0.717, 1.165) is 16.9 Å². The van der Waals surface area contributed by atoms with E-state index in [1.807, 2.05) is 74.5 Å². The van der Waals surface area contributed by atoms with Crippen LogP contribution in [0.2, 0.25) is 0 Å². The summed E-state index contributed by atoms with van der Waals surface area (Å²) < 4.78 is 5.63. The Hall–Kier alpha value is -3.67. The van der Waals surface area contributed by atoms with Gasteiger partial charge in [-0.2, -0.15) is 10.2 Å². The molecule has 6 heteroatoms. The highest BCUT2D eigenvalue weighted by atomic mass is 16.5. The topological polar surface area (TPSA) is 79.4 Å². The molecule has 2 N–H and O–H groups in total. The Balaban J connectivity index is 1.56. The molecular formula is C22H22N4O2. The summed E-state index contributed by atoms with van der Waals surface area (Å²) in [6, 6.07) is 19.1. The SMILES string of the molecule is CC(C)Oc1ccc(-c2cc(C(=O)NN=CC=Cc3ccccc3)[nH]n2)cc1. The van der Waals surface area contributed by atoms with Gasteiger partial charge in [-0.3, -0.25) is 9.89 Å². The van der Waals surface area contributed by atoms with Crippen molar-refractivity contribution in [1.29, 1.82) is 0 Å². The number of hydrazone groups is 1. The van der Waals surface area contributed by atoms with Gasteiger partial charge >= 0.3 is 0 Å². The molecule has 1 amide bonds. The number of aromatic amines is 1. The molecule has 0 spiro atoms. The molecule has 0 saturated heterocycles. The molecule has 28 heavy (non-hydrogen) atoms. The quantitative estimate of drug-likeness (QED) is 0.478. The number of carbonyl (C=O) groups excluding carboxylic acids is 1. The van der Waals surface area contributed by atoms with E-state index in [1.54, 1.807) is 12.1 Å². The second-order valence-corrected chi connectivity index (χ2v) is 6.35. The van der Waals surface area contributed by atoms with E-state index in [4.69, 9.17) is 4.74 Å². The van der Waals surface area contributed by atoms with Crippen molar-refractivity contribution >= 4 is 18.2 Å². The fraction of sp³-hybridized carbons (Fsp3) is 0.136. The third kappa shape index (κ3) is 5.41. The summed E-state index contributed by atoms with van der Waals surface area (Å²) in [5.41, 5.74) is 5.43. The molecule has 0 unspecified atom stereocenters. The van der Waals surface area contributed by atoms with E-state index in [0.29, 0.717) is 11.4 Å². The summed E-state index contributed by atoms with van der Waals surface area (Å²) in [5.74, 6) is 0.438. The molecule has 0 saturated carbocycles. The smallest absolute Gasteiger partial charge is 0.289 e. The molecule has 1 heterocycles. The maximum atomic E-state index is 12.2. The predicted octanol–water partition coefficient (Wildman–Crippen LogP) is 4.29. The third-order valence-corrected chi connectivity index (χ3v) is 3.76. The lowest BCUT2D eigenvalue weighted by Crippen LogP contribution is -2.17. The van der Waals surface area contributed by atoms with Crippen LogP contribution < -0.4 is 10.2 Å². The Kier molecular flexibility index (Phi) is 6.36. The van der Waals surface area contributed by atoms with Crippen molar-refractivity contribution in [2.45, 2.75) is 20.0 Å². The summed E-state index contributed by atoms with van der Waals surface area (Å²) in [7, 11) is 0. The van der Waals surface area contributed by atoms with Crippen LogP contribution in [0.25, 0.3) is 17.3 Å². The maximum absolute atomic E-state index is 12.2. The first-order valence-electron chi connectivity index (χ1n) is 8.99.